The second-order valence-electron chi connectivity index (χ2n) is 8.69. The number of benzene rings is 4. The molecule has 0 radical (unpaired) electrons. The molecule has 2 N–H and O–H groups in total. The first-order valence-corrected chi connectivity index (χ1v) is 13.9. The molecule has 0 spiro atoms. The van der Waals surface area contributed by atoms with E-state index in [9.17, 15) is 29.8 Å². The van der Waals surface area contributed by atoms with Crippen molar-refractivity contribution >= 4 is 56.2 Å². The Balaban J connectivity index is 1.62. The van der Waals surface area contributed by atoms with Crippen molar-refractivity contribution in [2.24, 2.45) is 0 Å². The molecule has 0 unspecified atom stereocenters. The Morgan fingerprint density at radius 1 is 0.625 bits per heavy atom. The number of hydrogen-bond acceptors (Lipinski definition) is 8. The van der Waals surface area contributed by atoms with E-state index in [-0.39, 0.29) is 22.7 Å². The molecule has 0 aliphatic heterocycles. The van der Waals surface area contributed by atoms with Crippen molar-refractivity contribution in [3.05, 3.63) is 127 Å². The second kappa shape index (κ2) is 12.5. The summed E-state index contributed by atoms with van der Waals surface area (Å²) in [6.07, 6.45) is 0. The van der Waals surface area contributed by atoms with Crippen LogP contribution >= 0.6 is 21.6 Å². The van der Waals surface area contributed by atoms with Crippen LogP contribution in [-0.2, 0) is 0 Å². The highest BCUT2D eigenvalue weighted by Gasteiger charge is 2.18. The van der Waals surface area contributed by atoms with Gasteiger partial charge in [-0.05, 0) is 50.2 Å². The first-order chi connectivity index (χ1) is 19.1. The van der Waals surface area contributed by atoms with E-state index in [0.29, 0.717) is 20.9 Å². The van der Waals surface area contributed by atoms with Gasteiger partial charge in [-0.2, -0.15) is 0 Å². The first kappa shape index (κ1) is 28.3. The topological polar surface area (TPSA) is 144 Å². The van der Waals surface area contributed by atoms with Crippen LogP contribution in [0.15, 0.2) is 94.7 Å². The second-order valence-corrected chi connectivity index (χ2v) is 10.9. The molecule has 0 bridgehead atoms. The number of nitro benzene ring substituents is 2. The minimum atomic E-state index is -0.556. The third-order valence-corrected chi connectivity index (χ3v) is 8.11. The third kappa shape index (κ3) is 7.04. The molecule has 0 aliphatic rings. The van der Waals surface area contributed by atoms with Gasteiger partial charge < -0.3 is 10.6 Å². The van der Waals surface area contributed by atoms with E-state index in [1.807, 2.05) is 26.0 Å². The van der Waals surface area contributed by atoms with Crippen molar-refractivity contribution in [1.29, 1.82) is 0 Å². The molecule has 2 amide bonds. The zero-order valence-electron chi connectivity index (χ0n) is 21.2. The van der Waals surface area contributed by atoms with Crippen LogP contribution in [0.5, 0.6) is 0 Å². The Morgan fingerprint density at radius 2 is 1.02 bits per heavy atom. The van der Waals surface area contributed by atoms with Crippen LogP contribution < -0.4 is 10.6 Å². The summed E-state index contributed by atoms with van der Waals surface area (Å²) in [6.45, 7) is 3.70. The van der Waals surface area contributed by atoms with Crippen molar-refractivity contribution in [2.75, 3.05) is 10.6 Å². The number of amides is 2. The van der Waals surface area contributed by atoms with Gasteiger partial charge >= 0.3 is 0 Å². The third-order valence-electron chi connectivity index (χ3n) is 5.63. The Bertz CT molecular complexity index is 1520. The number of nitrogens with zero attached hydrogens (tertiary/aromatic N) is 2. The summed E-state index contributed by atoms with van der Waals surface area (Å²) in [5.74, 6) is -0.866. The van der Waals surface area contributed by atoms with E-state index >= 15 is 0 Å². The molecule has 0 saturated carbocycles. The van der Waals surface area contributed by atoms with Crippen LogP contribution in [-0.4, -0.2) is 21.7 Å². The van der Waals surface area contributed by atoms with E-state index < -0.39 is 21.7 Å². The van der Waals surface area contributed by atoms with Crippen molar-refractivity contribution in [3.8, 4) is 0 Å². The molecule has 40 heavy (non-hydrogen) atoms. The maximum absolute atomic E-state index is 12.9. The highest BCUT2D eigenvalue weighted by Crippen LogP contribution is 2.45. The molecule has 12 heteroatoms. The lowest BCUT2D eigenvalue weighted by Crippen LogP contribution is -2.13. The number of rotatable bonds is 9. The van der Waals surface area contributed by atoms with Crippen LogP contribution in [0.1, 0.15) is 31.8 Å². The zero-order chi connectivity index (χ0) is 28.8. The van der Waals surface area contributed by atoms with Gasteiger partial charge in [-0.25, -0.2) is 0 Å². The minimum absolute atomic E-state index is 0.199. The number of nitro groups is 2. The van der Waals surface area contributed by atoms with Crippen molar-refractivity contribution < 1.29 is 19.4 Å². The fraction of sp³-hybridized carbons (Fsp3) is 0.0714. The molecule has 0 saturated heterocycles. The molecule has 202 valence electrons. The number of nitrogens with one attached hydrogen (secondary N) is 2. The smallest absolute Gasteiger partial charge is 0.271 e. The maximum atomic E-state index is 12.9. The fourth-order valence-electron chi connectivity index (χ4n) is 3.66. The lowest BCUT2D eigenvalue weighted by molar-refractivity contribution is -0.385. The van der Waals surface area contributed by atoms with E-state index in [1.165, 1.54) is 58.0 Å². The summed E-state index contributed by atoms with van der Waals surface area (Å²) in [6, 6.07) is 22.1. The van der Waals surface area contributed by atoms with Crippen molar-refractivity contribution in [3.63, 3.8) is 0 Å². The predicted octanol–water partition coefficient (Wildman–Crippen LogP) is 7.42. The Kier molecular flexibility index (Phi) is 8.82. The average Bonchev–Trinajstić information content (AvgIpc) is 2.92. The maximum Gasteiger partial charge on any atom is 0.271 e. The summed E-state index contributed by atoms with van der Waals surface area (Å²) in [7, 11) is 2.35. The largest absolute Gasteiger partial charge is 0.321 e. The summed E-state index contributed by atoms with van der Waals surface area (Å²) in [5, 5.41) is 28.3. The van der Waals surface area contributed by atoms with Gasteiger partial charge in [0, 0.05) is 45.2 Å². The number of carbonyl (C=O) groups is 2. The van der Waals surface area contributed by atoms with Crippen LogP contribution in [0.25, 0.3) is 0 Å². The Labute approximate surface area is 236 Å². The van der Waals surface area contributed by atoms with Gasteiger partial charge in [-0.1, -0.05) is 57.0 Å². The van der Waals surface area contributed by atoms with Crippen LogP contribution in [0.4, 0.5) is 22.7 Å². The monoisotopic (exact) mass is 574 g/mol. The number of carbonyl (C=O) groups excluding carboxylic acids is 2. The first-order valence-electron chi connectivity index (χ1n) is 11.8. The lowest BCUT2D eigenvalue weighted by atomic mass is 10.1. The van der Waals surface area contributed by atoms with E-state index in [2.05, 4.69) is 10.6 Å². The van der Waals surface area contributed by atoms with Gasteiger partial charge in [-0.15, -0.1) is 0 Å². The van der Waals surface area contributed by atoms with Crippen molar-refractivity contribution in [1.82, 2.24) is 0 Å². The summed E-state index contributed by atoms with van der Waals surface area (Å²) in [4.78, 5) is 48.5. The number of hydrogen-bond donors (Lipinski definition) is 2. The van der Waals surface area contributed by atoms with Gasteiger partial charge in [0.15, 0.2) is 0 Å². The highest BCUT2D eigenvalue weighted by molar-refractivity contribution is 8.76. The fourth-order valence-corrected chi connectivity index (χ4v) is 5.89. The SMILES string of the molecule is Cc1cccc(C(=O)Nc2cc([N+](=O)[O-])ccc2SSc2ccc([N+](=O)[O-])cc2NC(=O)c2cccc(C)c2)c1. The molecular formula is C28H22N4O6S2. The van der Waals surface area contributed by atoms with E-state index in [0.717, 1.165) is 11.1 Å². The minimum Gasteiger partial charge on any atom is -0.321 e. The van der Waals surface area contributed by atoms with Crippen molar-refractivity contribution in [2.45, 2.75) is 23.6 Å². The van der Waals surface area contributed by atoms with E-state index in [4.69, 9.17) is 0 Å². The lowest BCUT2D eigenvalue weighted by Gasteiger charge is -2.13. The van der Waals surface area contributed by atoms with Gasteiger partial charge in [0.05, 0.1) is 21.2 Å². The van der Waals surface area contributed by atoms with E-state index in [1.54, 1.807) is 36.4 Å². The molecule has 0 aliphatic carbocycles. The summed E-state index contributed by atoms with van der Waals surface area (Å²) in [5.41, 5.74) is 2.62. The Hall–Kier alpha value is -4.68. The molecule has 4 rings (SSSR count). The summed E-state index contributed by atoms with van der Waals surface area (Å²) < 4.78 is 0. The zero-order valence-corrected chi connectivity index (χ0v) is 22.9. The Morgan fingerprint density at radius 3 is 1.38 bits per heavy atom. The molecule has 10 nitrogen and oxygen atoms in total. The van der Waals surface area contributed by atoms with Gasteiger partial charge in [0.1, 0.15) is 0 Å². The highest BCUT2D eigenvalue weighted by atomic mass is 33.1. The molecule has 4 aromatic carbocycles. The standard InChI is InChI=1S/C28H22N4O6S2/c1-17-5-3-7-19(13-17)27(33)29-23-15-21(31(35)36)9-11-25(23)39-40-26-12-10-22(32(37)38)16-24(26)30-28(34)20-8-4-6-18(2)14-20/h3-16H,1-2H3,(H,29,33)(H,30,34). The molecule has 0 fully saturated rings. The van der Waals surface area contributed by atoms with Gasteiger partial charge in [0.2, 0.25) is 0 Å². The number of aryl methyl sites for hydroxylation is 2. The average molecular weight is 575 g/mol. The van der Waals surface area contributed by atoms with Gasteiger partial charge in [-0.3, -0.25) is 29.8 Å². The predicted molar refractivity (Wildman–Crippen MR) is 156 cm³/mol. The van der Waals surface area contributed by atoms with Crippen LogP contribution in [0.2, 0.25) is 0 Å². The van der Waals surface area contributed by atoms with Crippen LogP contribution in [0.3, 0.4) is 0 Å². The number of anilines is 2. The molecular weight excluding hydrogens is 552 g/mol. The number of non-ortho nitro benzene ring substituents is 2. The normalized spacial score (nSPS) is 10.6. The van der Waals surface area contributed by atoms with Crippen LogP contribution in [0, 0.1) is 34.1 Å². The summed E-state index contributed by atoms with van der Waals surface area (Å²) >= 11 is 0. The molecule has 0 aromatic heterocycles. The molecule has 4 aromatic rings. The molecule has 0 atom stereocenters. The quantitative estimate of drug-likeness (QED) is 0.119. The van der Waals surface area contributed by atoms with Gasteiger partial charge in [0.25, 0.3) is 23.2 Å². The molecule has 0 heterocycles.